The fraction of sp³-hybridized carbons (Fsp3) is 0.286. The van der Waals surface area contributed by atoms with Gasteiger partial charge >= 0.3 is 0 Å². The van der Waals surface area contributed by atoms with Gasteiger partial charge in [-0.1, -0.05) is 23.7 Å². The van der Waals surface area contributed by atoms with E-state index in [4.69, 9.17) is 22.1 Å². The number of rotatable bonds is 4. The lowest BCUT2D eigenvalue weighted by atomic mass is 10.1. The molecule has 1 aromatic carbocycles. The molecule has 5 nitrogen and oxygen atoms in total. The Balaban J connectivity index is 1.61. The summed E-state index contributed by atoms with van der Waals surface area (Å²) in [5, 5.41) is 3.55. The molecule has 0 aliphatic carbocycles. The van der Waals surface area contributed by atoms with Crippen molar-refractivity contribution in [3.05, 3.63) is 40.7 Å². The second-order valence-electron chi connectivity index (χ2n) is 4.64. The fourth-order valence-electron chi connectivity index (χ4n) is 2.23. The van der Waals surface area contributed by atoms with Crippen molar-refractivity contribution < 1.29 is 4.74 Å². The predicted octanol–water partition coefficient (Wildman–Crippen LogP) is 2.30. The quantitative estimate of drug-likeness (QED) is 0.904. The molecule has 0 spiro atoms. The van der Waals surface area contributed by atoms with Crippen LogP contribution in [-0.2, 0) is 12.8 Å². The van der Waals surface area contributed by atoms with Crippen LogP contribution in [0.3, 0.4) is 0 Å². The van der Waals surface area contributed by atoms with Crippen molar-refractivity contribution in [2.24, 2.45) is 0 Å². The third kappa shape index (κ3) is 2.63. The highest BCUT2D eigenvalue weighted by atomic mass is 35.5. The Morgan fingerprint density at radius 3 is 3.15 bits per heavy atom. The van der Waals surface area contributed by atoms with Crippen molar-refractivity contribution in [3.8, 4) is 5.75 Å². The highest BCUT2D eigenvalue weighted by molar-refractivity contribution is 6.35. The summed E-state index contributed by atoms with van der Waals surface area (Å²) in [6.07, 6.45) is 3.27. The monoisotopic (exact) mass is 290 g/mol. The number of hydrogen-bond donors (Lipinski definition) is 2. The highest BCUT2D eigenvalue weighted by Crippen LogP contribution is 2.26. The number of nitrogens with one attached hydrogen (secondary N) is 1. The van der Waals surface area contributed by atoms with Gasteiger partial charge in [0.05, 0.1) is 6.61 Å². The summed E-state index contributed by atoms with van der Waals surface area (Å²) in [7, 11) is 0. The number of hydrogen-bond acceptors (Lipinski definition) is 5. The molecule has 3 N–H and O–H groups in total. The highest BCUT2D eigenvalue weighted by Gasteiger charge is 2.12. The molecule has 0 atom stereocenters. The Morgan fingerprint density at radius 1 is 1.35 bits per heavy atom. The summed E-state index contributed by atoms with van der Waals surface area (Å²) in [6.45, 7) is 1.52. The molecular weight excluding hydrogens is 276 g/mol. The molecule has 0 amide bonds. The van der Waals surface area contributed by atoms with Crippen molar-refractivity contribution in [1.82, 2.24) is 9.97 Å². The fourth-order valence-corrected chi connectivity index (χ4v) is 2.39. The Bertz CT molecular complexity index is 633. The molecule has 0 unspecified atom stereocenters. The van der Waals surface area contributed by atoms with E-state index in [0.29, 0.717) is 16.7 Å². The van der Waals surface area contributed by atoms with E-state index < -0.39 is 0 Å². The zero-order valence-electron chi connectivity index (χ0n) is 10.9. The van der Waals surface area contributed by atoms with E-state index in [2.05, 4.69) is 27.4 Å². The predicted molar refractivity (Wildman–Crippen MR) is 79.3 cm³/mol. The number of nitrogens with two attached hydrogens (primary N) is 1. The van der Waals surface area contributed by atoms with Gasteiger partial charge in [0, 0.05) is 13.0 Å². The molecular formula is C14H15ClN4O. The topological polar surface area (TPSA) is 73.1 Å². The van der Waals surface area contributed by atoms with Crippen LogP contribution in [0.5, 0.6) is 5.75 Å². The summed E-state index contributed by atoms with van der Waals surface area (Å²) in [4.78, 5) is 7.90. The zero-order chi connectivity index (χ0) is 13.9. The van der Waals surface area contributed by atoms with Gasteiger partial charge < -0.3 is 15.8 Å². The van der Waals surface area contributed by atoms with Gasteiger partial charge in [-0.05, 0) is 23.6 Å². The van der Waals surface area contributed by atoms with Crippen LogP contribution in [0.4, 0.5) is 11.6 Å². The molecule has 3 rings (SSSR count). The second kappa shape index (κ2) is 5.54. The van der Waals surface area contributed by atoms with E-state index in [-0.39, 0.29) is 0 Å². The Morgan fingerprint density at radius 2 is 2.25 bits per heavy atom. The average molecular weight is 291 g/mol. The molecule has 0 fully saturated rings. The van der Waals surface area contributed by atoms with Crippen molar-refractivity contribution in [3.63, 3.8) is 0 Å². The maximum Gasteiger partial charge on any atom is 0.150 e. The maximum absolute atomic E-state index is 6.02. The van der Waals surface area contributed by atoms with Crippen LogP contribution in [0.2, 0.25) is 5.02 Å². The van der Waals surface area contributed by atoms with Crippen molar-refractivity contribution >= 4 is 23.2 Å². The van der Waals surface area contributed by atoms with Crippen LogP contribution >= 0.6 is 11.6 Å². The van der Waals surface area contributed by atoms with Gasteiger partial charge in [0.2, 0.25) is 0 Å². The average Bonchev–Trinajstić information content (AvgIpc) is 2.91. The van der Waals surface area contributed by atoms with Gasteiger partial charge in [-0.3, -0.25) is 0 Å². The molecule has 6 heteroatoms. The first-order valence-corrected chi connectivity index (χ1v) is 6.86. The first-order chi connectivity index (χ1) is 9.74. The van der Waals surface area contributed by atoms with Crippen LogP contribution in [-0.4, -0.2) is 23.1 Å². The van der Waals surface area contributed by atoms with E-state index >= 15 is 0 Å². The minimum absolute atomic E-state index is 0.291. The number of nitrogens with zero attached hydrogens (tertiary/aromatic N) is 2. The third-order valence-corrected chi connectivity index (χ3v) is 3.65. The molecule has 20 heavy (non-hydrogen) atoms. The number of aromatic nitrogens is 2. The van der Waals surface area contributed by atoms with Gasteiger partial charge in [-0.2, -0.15) is 0 Å². The van der Waals surface area contributed by atoms with Crippen LogP contribution in [0.25, 0.3) is 0 Å². The van der Waals surface area contributed by atoms with Gasteiger partial charge in [0.15, 0.2) is 0 Å². The lowest BCUT2D eigenvalue weighted by molar-refractivity contribution is 0.357. The Kier molecular flexibility index (Phi) is 3.60. The lowest BCUT2D eigenvalue weighted by Gasteiger charge is -2.08. The summed E-state index contributed by atoms with van der Waals surface area (Å²) >= 11 is 6.02. The van der Waals surface area contributed by atoms with Gasteiger partial charge in [0.1, 0.15) is 28.7 Å². The first-order valence-electron chi connectivity index (χ1n) is 6.48. The van der Waals surface area contributed by atoms with Gasteiger partial charge in [-0.15, -0.1) is 0 Å². The third-order valence-electron chi connectivity index (χ3n) is 3.28. The van der Waals surface area contributed by atoms with Crippen LogP contribution in [0, 0.1) is 0 Å². The first kappa shape index (κ1) is 13.0. The SMILES string of the molecule is Nc1ncnc(NCCc2ccc3c(c2)CCO3)c1Cl. The zero-order valence-corrected chi connectivity index (χ0v) is 11.7. The summed E-state index contributed by atoms with van der Waals surface area (Å²) in [6, 6.07) is 6.31. The second-order valence-corrected chi connectivity index (χ2v) is 5.02. The number of halogens is 1. The van der Waals surface area contributed by atoms with Crippen molar-refractivity contribution in [1.29, 1.82) is 0 Å². The van der Waals surface area contributed by atoms with Crippen molar-refractivity contribution in [2.45, 2.75) is 12.8 Å². The van der Waals surface area contributed by atoms with E-state index in [1.807, 2.05) is 6.07 Å². The molecule has 0 saturated heterocycles. The maximum atomic E-state index is 6.02. The Labute approximate surface area is 122 Å². The van der Waals surface area contributed by atoms with Crippen LogP contribution in [0.1, 0.15) is 11.1 Å². The molecule has 104 valence electrons. The number of fused-ring (bicyclic) bond motifs is 1. The Hall–Kier alpha value is -2.01. The number of anilines is 2. The standard InChI is InChI=1S/C14H15ClN4O/c15-12-13(16)18-8-19-14(12)17-5-3-9-1-2-11-10(7-9)4-6-20-11/h1-2,7-8H,3-6H2,(H3,16,17,18,19). The smallest absolute Gasteiger partial charge is 0.150 e. The van der Waals surface area contributed by atoms with E-state index in [1.165, 1.54) is 17.5 Å². The normalized spacial score (nSPS) is 12.8. The molecule has 2 aromatic rings. The molecule has 1 aromatic heterocycles. The van der Waals surface area contributed by atoms with E-state index in [1.54, 1.807) is 0 Å². The molecule has 2 heterocycles. The number of ether oxygens (including phenoxy) is 1. The molecule has 1 aliphatic heterocycles. The van der Waals surface area contributed by atoms with Gasteiger partial charge in [0.25, 0.3) is 0 Å². The van der Waals surface area contributed by atoms with Gasteiger partial charge in [-0.25, -0.2) is 9.97 Å². The minimum atomic E-state index is 0.291. The van der Waals surface area contributed by atoms with E-state index in [0.717, 1.165) is 31.7 Å². The van der Waals surface area contributed by atoms with E-state index in [9.17, 15) is 0 Å². The van der Waals surface area contributed by atoms with Crippen LogP contribution in [0.15, 0.2) is 24.5 Å². The lowest BCUT2D eigenvalue weighted by Crippen LogP contribution is -2.08. The molecule has 0 bridgehead atoms. The largest absolute Gasteiger partial charge is 0.493 e. The number of nitrogen functional groups attached to an aromatic ring is 1. The van der Waals surface area contributed by atoms with Crippen molar-refractivity contribution in [2.75, 3.05) is 24.2 Å². The molecule has 1 aliphatic rings. The molecule has 0 saturated carbocycles. The summed E-state index contributed by atoms with van der Waals surface area (Å²) in [5.41, 5.74) is 8.18. The summed E-state index contributed by atoms with van der Waals surface area (Å²) in [5.74, 6) is 1.87. The molecule has 0 radical (unpaired) electrons. The van der Waals surface area contributed by atoms with Crippen LogP contribution < -0.4 is 15.8 Å². The minimum Gasteiger partial charge on any atom is -0.493 e. The number of benzene rings is 1. The summed E-state index contributed by atoms with van der Waals surface area (Å²) < 4.78 is 5.49.